The van der Waals surface area contributed by atoms with Gasteiger partial charge >= 0.3 is 0 Å². The third kappa shape index (κ3) is 3.02. The summed E-state index contributed by atoms with van der Waals surface area (Å²) >= 11 is 14.4. The number of pyridine rings is 1. The van der Waals surface area contributed by atoms with Gasteiger partial charge in [-0.15, -0.1) is 0 Å². The maximum Gasteiger partial charge on any atom is 0.161 e. The quantitative estimate of drug-likeness (QED) is 0.494. The lowest BCUT2D eigenvalue weighted by Crippen LogP contribution is -2.28. The maximum absolute atomic E-state index is 6.39. The van der Waals surface area contributed by atoms with Crippen LogP contribution in [0.5, 0.6) is 0 Å². The second-order valence-corrected chi connectivity index (χ2v) is 9.13. The first kappa shape index (κ1) is 18.1. The molecule has 2 aromatic heterocycles. The van der Waals surface area contributed by atoms with E-state index in [4.69, 9.17) is 32.6 Å². The van der Waals surface area contributed by atoms with Gasteiger partial charge in [-0.3, -0.25) is 4.98 Å². The van der Waals surface area contributed by atoms with E-state index in [-0.39, 0.29) is 12.1 Å². The molecule has 0 N–H and O–H groups in total. The Bertz CT molecular complexity index is 1050. The second-order valence-electron chi connectivity index (χ2n) is 6.94. The molecule has 1 aromatic carbocycles. The van der Waals surface area contributed by atoms with E-state index in [0.29, 0.717) is 21.1 Å². The Kier molecular flexibility index (Phi) is 4.62. The fourth-order valence-corrected chi connectivity index (χ4v) is 5.26. The molecule has 3 aromatic rings. The summed E-state index contributed by atoms with van der Waals surface area (Å²) in [7, 11) is 0. The van der Waals surface area contributed by atoms with Crippen LogP contribution in [0.3, 0.4) is 0 Å². The van der Waals surface area contributed by atoms with Gasteiger partial charge in [0.05, 0.1) is 15.7 Å². The first-order valence-electron chi connectivity index (χ1n) is 9.08. The van der Waals surface area contributed by atoms with Crippen LogP contribution >= 0.6 is 35.0 Å². The van der Waals surface area contributed by atoms with Crippen LogP contribution in [0.4, 0.5) is 0 Å². The van der Waals surface area contributed by atoms with E-state index < -0.39 is 0 Å². The van der Waals surface area contributed by atoms with E-state index in [2.05, 4.69) is 16.8 Å². The summed E-state index contributed by atoms with van der Waals surface area (Å²) in [5.41, 5.74) is 1.74. The van der Waals surface area contributed by atoms with Crippen LogP contribution in [0.25, 0.3) is 11.3 Å². The molecule has 3 atom stereocenters. The standard InChI is InChI=1S/C21H17Cl2N3OS/c1-12-11-26-20(19(25-21(26)28-12)15-7-2-3-10-24-15)17-9-8-16(27-17)13-5-4-6-14(22)18(13)23/h2-10,12,19-20H,11H2,1H3/t12-,19+,20-/m0/s1. The van der Waals surface area contributed by atoms with Crippen LogP contribution in [0, 0.1) is 0 Å². The zero-order valence-corrected chi connectivity index (χ0v) is 17.4. The summed E-state index contributed by atoms with van der Waals surface area (Å²) in [6, 6.07) is 15.4. The molecule has 4 heterocycles. The highest BCUT2D eigenvalue weighted by Gasteiger charge is 2.45. The monoisotopic (exact) mass is 429 g/mol. The van der Waals surface area contributed by atoms with E-state index in [1.54, 1.807) is 6.07 Å². The van der Waals surface area contributed by atoms with Gasteiger partial charge in [0.15, 0.2) is 5.17 Å². The van der Waals surface area contributed by atoms with Gasteiger partial charge in [-0.25, -0.2) is 4.99 Å². The molecule has 7 heteroatoms. The average Bonchev–Trinajstić information content (AvgIpc) is 3.38. The van der Waals surface area contributed by atoms with E-state index in [0.717, 1.165) is 28.7 Å². The van der Waals surface area contributed by atoms with E-state index in [9.17, 15) is 0 Å². The van der Waals surface area contributed by atoms with Gasteiger partial charge in [0, 0.05) is 23.6 Å². The lowest BCUT2D eigenvalue weighted by atomic mass is 10.0. The Morgan fingerprint density at radius 1 is 1.11 bits per heavy atom. The molecule has 5 rings (SSSR count). The van der Waals surface area contributed by atoms with Crippen molar-refractivity contribution in [3.63, 3.8) is 0 Å². The first-order valence-corrected chi connectivity index (χ1v) is 10.7. The average molecular weight is 430 g/mol. The summed E-state index contributed by atoms with van der Waals surface area (Å²) in [4.78, 5) is 11.9. The number of amidine groups is 1. The zero-order valence-electron chi connectivity index (χ0n) is 15.0. The molecule has 0 unspecified atom stereocenters. The van der Waals surface area contributed by atoms with Crippen molar-refractivity contribution in [2.24, 2.45) is 4.99 Å². The molecule has 0 radical (unpaired) electrons. The largest absolute Gasteiger partial charge is 0.459 e. The Labute approximate surface area is 177 Å². The fraction of sp³-hybridized carbons (Fsp3) is 0.238. The molecule has 0 spiro atoms. The minimum Gasteiger partial charge on any atom is -0.459 e. The molecule has 0 amide bonds. The van der Waals surface area contributed by atoms with E-state index in [1.165, 1.54) is 0 Å². The number of furan rings is 1. The van der Waals surface area contributed by atoms with Crippen LogP contribution in [-0.2, 0) is 0 Å². The van der Waals surface area contributed by atoms with Crippen LogP contribution in [-0.4, -0.2) is 26.8 Å². The molecule has 1 saturated heterocycles. The molecule has 28 heavy (non-hydrogen) atoms. The van der Waals surface area contributed by atoms with Gasteiger partial charge < -0.3 is 9.32 Å². The first-order chi connectivity index (χ1) is 13.6. The van der Waals surface area contributed by atoms with Crippen molar-refractivity contribution in [2.45, 2.75) is 24.3 Å². The zero-order chi connectivity index (χ0) is 19.3. The van der Waals surface area contributed by atoms with E-state index >= 15 is 0 Å². The minimum atomic E-state index is -0.0926. The number of nitrogens with zero attached hydrogens (tertiary/aromatic N) is 3. The third-order valence-corrected chi connectivity index (χ3v) is 6.94. The summed E-state index contributed by atoms with van der Waals surface area (Å²) in [5.74, 6) is 1.56. The Balaban J connectivity index is 1.55. The van der Waals surface area contributed by atoms with Crippen molar-refractivity contribution >= 4 is 40.1 Å². The van der Waals surface area contributed by atoms with Gasteiger partial charge in [0.1, 0.15) is 23.6 Å². The van der Waals surface area contributed by atoms with Crippen LogP contribution in [0.1, 0.15) is 30.5 Å². The molecule has 0 bridgehead atoms. The van der Waals surface area contributed by atoms with Gasteiger partial charge in [0.2, 0.25) is 0 Å². The van der Waals surface area contributed by atoms with E-state index in [1.807, 2.05) is 60.4 Å². The lowest BCUT2D eigenvalue weighted by Gasteiger charge is -2.25. The number of hydrogen-bond acceptors (Lipinski definition) is 5. The molecule has 2 aliphatic rings. The fourth-order valence-electron chi connectivity index (χ4n) is 3.78. The van der Waals surface area contributed by atoms with Crippen molar-refractivity contribution in [3.8, 4) is 11.3 Å². The number of hydrogen-bond donors (Lipinski definition) is 0. The molecular weight excluding hydrogens is 413 g/mol. The summed E-state index contributed by atoms with van der Waals surface area (Å²) in [6.45, 7) is 3.16. The number of aliphatic imine (C=N–C) groups is 1. The summed E-state index contributed by atoms with van der Waals surface area (Å²) in [6.07, 6.45) is 1.81. The number of fused-ring (bicyclic) bond motifs is 1. The van der Waals surface area contributed by atoms with Crippen molar-refractivity contribution in [1.82, 2.24) is 9.88 Å². The Morgan fingerprint density at radius 2 is 2.00 bits per heavy atom. The number of rotatable bonds is 3. The molecule has 2 aliphatic heterocycles. The number of halogens is 2. The highest BCUT2D eigenvalue weighted by molar-refractivity contribution is 8.14. The molecular formula is C21H17Cl2N3OS. The number of aromatic nitrogens is 1. The predicted molar refractivity (Wildman–Crippen MR) is 115 cm³/mol. The van der Waals surface area contributed by atoms with Crippen LogP contribution in [0.2, 0.25) is 10.0 Å². The summed E-state index contributed by atoms with van der Waals surface area (Å²) < 4.78 is 6.29. The maximum atomic E-state index is 6.39. The van der Waals surface area contributed by atoms with Crippen molar-refractivity contribution in [1.29, 1.82) is 0 Å². The Morgan fingerprint density at radius 3 is 2.82 bits per heavy atom. The topological polar surface area (TPSA) is 41.6 Å². The third-order valence-electron chi connectivity index (χ3n) is 5.02. The Hall–Kier alpha value is -1.95. The molecule has 1 fully saturated rings. The smallest absolute Gasteiger partial charge is 0.161 e. The second kappa shape index (κ2) is 7.14. The number of thioether (sulfide) groups is 1. The molecule has 0 saturated carbocycles. The van der Waals surface area contributed by atoms with Crippen molar-refractivity contribution in [2.75, 3.05) is 6.54 Å². The van der Waals surface area contributed by atoms with Crippen LogP contribution in [0.15, 0.2) is 64.1 Å². The van der Waals surface area contributed by atoms with Gasteiger partial charge in [-0.1, -0.05) is 54.0 Å². The number of benzene rings is 1. The highest BCUT2D eigenvalue weighted by Crippen LogP contribution is 2.48. The highest BCUT2D eigenvalue weighted by atomic mass is 35.5. The minimum absolute atomic E-state index is 0.0194. The molecule has 142 valence electrons. The van der Waals surface area contributed by atoms with Crippen molar-refractivity contribution in [3.05, 3.63) is 76.2 Å². The van der Waals surface area contributed by atoms with Gasteiger partial charge in [-0.2, -0.15) is 0 Å². The SMILES string of the molecule is C[C@H]1CN2C(=N[C@H](c3ccccn3)[C@@H]2c2ccc(-c3cccc(Cl)c3Cl)o2)S1. The van der Waals surface area contributed by atoms with Gasteiger partial charge in [0.25, 0.3) is 0 Å². The normalized spacial score (nSPS) is 23.8. The van der Waals surface area contributed by atoms with Crippen molar-refractivity contribution < 1.29 is 4.42 Å². The lowest BCUT2D eigenvalue weighted by molar-refractivity contribution is 0.277. The molecule has 4 nitrogen and oxygen atoms in total. The summed E-state index contributed by atoms with van der Waals surface area (Å²) in [5, 5.41) is 2.58. The van der Waals surface area contributed by atoms with Gasteiger partial charge in [-0.05, 0) is 36.4 Å². The molecule has 0 aliphatic carbocycles. The van der Waals surface area contributed by atoms with Crippen LogP contribution < -0.4 is 0 Å². The predicted octanol–water partition coefficient (Wildman–Crippen LogP) is 6.24.